The summed E-state index contributed by atoms with van der Waals surface area (Å²) >= 11 is 0. The van der Waals surface area contributed by atoms with Gasteiger partial charge in [-0.1, -0.05) is 52.7 Å². The van der Waals surface area contributed by atoms with Crippen LogP contribution in [0.4, 0.5) is 0 Å². The van der Waals surface area contributed by atoms with Crippen LogP contribution in [0.5, 0.6) is 0 Å². The molecule has 0 saturated carbocycles. The van der Waals surface area contributed by atoms with Crippen LogP contribution in [0, 0.1) is 0 Å². The Labute approximate surface area is 146 Å². The van der Waals surface area contributed by atoms with Crippen molar-refractivity contribution in [3.63, 3.8) is 0 Å². The van der Waals surface area contributed by atoms with Gasteiger partial charge in [-0.3, -0.25) is 0 Å². The zero-order valence-electron chi connectivity index (χ0n) is 12.8. The smallest absolute Gasteiger partial charge is 0.854 e. The van der Waals surface area contributed by atoms with Crippen LogP contribution < -0.4 is 20.4 Å². The van der Waals surface area contributed by atoms with E-state index >= 15 is 0 Å². The molecule has 0 aliphatic rings. The van der Waals surface area contributed by atoms with Gasteiger partial charge in [0.25, 0.3) is 0 Å². The molecule has 0 aromatic heterocycles. The molecule has 0 unspecified atom stereocenters. The first-order valence-corrected chi connectivity index (χ1v) is 6.20. The van der Waals surface area contributed by atoms with Gasteiger partial charge in [0.15, 0.2) is 0 Å². The topological polar surface area (TPSA) is 126 Å². The summed E-state index contributed by atoms with van der Waals surface area (Å²) in [5.74, 6) is -2.46. The van der Waals surface area contributed by atoms with Gasteiger partial charge in [-0.25, -0.2) is 0 Å². The van der Waals surface area contributed by atoms with Gasteiger partial charge in [0.05, 0.1) is 11.9 Å². The zero-order chi connectivity index (χ0) is 16.8. The second-order valence-corrected chi connectivity index (χ2v) is 3.16. The van der Waals surface area contributed by atoms with Gasteiger partial charge in [0.2, 0.25) is 0 Å². The average molecular weight is 380 g/mol. The van der Waals surface area contributed by atoms with Crippen molar-refractivity contribution in [2.45, 2.75) is 39.5 Å². The van der Waals surface area contributed by atoms with Gasteiger partial charge >= 0.3 is 26.2 Å². The van der Waals surface area contributed by atoms with Crippen molar-refractivity contribution in [1.82, 2.24) is 0 Å². The van der Waals surface area contributed by atoms with Crippen LogP contribution in [0.1, 0.15) is 39.5 Å². The third-order valence-corrected chi connectivity index (χ3v) is 1.33. The fourth-order valence-corrected chi connectivity index (χ4v) is 0.289. The predicted octanol–water partition coefficient (Wildman–Crippen LogP) is -1.86. The largest absolute Gasteiger partial charge is 4.00 e. The molecule has 0 heterocycles. The van der Waals surface area contributed by atoms with Crippen molar-refractivity contribution >= 4 is 11.9 Å². The summed E-state index contributed by atoms with van der Waals surface area (Å²) in [5.41, 5.74) is 0. The molecule has 120 valence electrons. The Morgan fingerprint density at radius 3 is 1.05 bits per heavy atom. The SMILES string of the molecule is C=CC(=O)[O-].C=CC(=O)[O-].CCCC[O-].CCCC[O-].[Zr+4]. The fraction of sp³-hybridized carbons (Fsp3) is 0.571. The van der Waals surface area contributed by atoms with Crippen molar-refractivity contribution in [2.75, 3.05) is 13.2 Å². The average Bonchev–Trinajstić information content (AvgIpc) is 2.42. The third-order valence-electron chi connectivity index (χ3n) is 1.33. The van der Waals surface area contributed by atoms with Crippen molar-refractivity contribution in [2.24, 2.45) is 0 Å². The maximum atomic E-state index is 9.53. The summed E-state index contributed by atoms with van der Waals surface area (Å²) in [5, 5.41) is 37.3. The van der Waals surface area contributed by atoms with E-state index in [4.69, 9.17) is 19.8 Å². The molecular weight excluding hydrogens is 355 g/mol. The second kappa shape index (κ2) is 36.5. The number of rotatable bonds is 6. The molecule has 0 aliphatic heterocycles. The van der Waals surface area contributed by atoms with Crippen molar-refractivity contribution < 1.29 is 56.2 Å². The number of unbranched alkanes of at least 4 members (excludes halogenated alkanes) is 2. The normalized spacial score (nSPS) is 7.05. The van der Waals surface area contributed by atoms with Gasteiger partial charge in [0.1, 0.15) is 0 Å². The molecule has 6 nitrogen and oxygen atoms in total. The minimum atomic E-state index is -1.23. The minimum Gasteiger partial charge on any atom is -0.854 e. The number of hydrogen-bond acceptors (Lipinski definition) is 6. The molecule has 0 bridgehead atoms. The number of carboxylic acid groups (broad SMARTS) is 2. The molecule has 0 spiro atoms. The number of carboxylic acids is 2. The van der Waals surface area contributed by atoms with E-state index in [-0.39, 0.29) is 39.4 Å². The van der Waals surface area contributed by atoms with Crippen LogP contribution >= 0.6 is 0 Å². The van der Waals surface area contributed by atoms with E-state index in [9.17, 15) is 10.2 Å². The summed E-state index contributed by atoms with van der Waals surface area (Å²) < 4.78 is 0. The molecule has 0 rings (SSSR count). The molecular formula is C14H24O6Zr. The van der Waals surface area contributed by atoms with Gasteiger partial charge in [-0.15, -0.1) is 13.2 Å². The van der Waals surface area contributed by atoms with Crippen molar-refractivity contribution in [3.05, 3.63) is 25.3 Å². The van der Waals surface area contributed by atoms with E-state index < -0.39 is 11.9 Å². The van der Waals surface area contributed by atoms with Crippen LogP contribution in [0.25, 0.3) is 0 Å². The van der Waals surface area contributed by atoms with Crippen molar-refractivity contribution in [3.8, 4) is 0 Å². The number of carbonyl (C=O) groups is 2. The van der Waals surface area contributed by atoms with Crippen LogP contribution in [-0.4, -0.2) is 25.2 Å². The van der Waals surface area contributed by atoms with Gasteiger partial charge in [-0.2, -0.15) is 0 Å². The summed E-state index contributed by atoms with van der Waals surface area (Å²) in [4.78, 5) is 18.3. The van der Waals surface area contributed by atoms with E-state index in [1.807, 2.05) is 13.8 Å². The molecule has 0 N–H and O–H groups in total. The Kier molecular flexibility index (Phi) is 56.1. The molecule has 0 aliphatic carbocycles. The van der Waals surface area contributed by atoms with Gasteiger partial charge in [-0.05, 0) is 12.2 Å². The molecule has 0 amide bonds. The molecule has 0 saturated heterocycles. The molecule has 21 heavy (non-hydrogen) atoms. The van der Waals surface area contributed by atoms with E-state index in [2.05, 4.69) is 13.2 Å². The summed E-state index contributed by atoms with van der Waals surface area (Å²) in [7, 11) is 0. The molecule has 0 atom stereocenters. The minimum absolute atomic E-state index is 0. The number of aliphatic carboxylic acids is 2. The Morgan fingerprint density at radius 1 is 0.857 bits per heavy atom. The molecule has 0 aromatic carbocycles. The quantitative estimate of drug-likeness (QED) is 0.498. The monoisotopic (exact) mass is 378 g/mol. The second-order valence-electron chi connectivity index (χ2n) is 3.16. The van der Waals surface area contributed by atoms with Crippen LogP contribution in [0.2, 0.25) is 0 Å². The third kappa shape index (κ3) is 109. The Balaban J connectivity index is -0.0000000533. The van der Waals surface area contributed by atoms with E-state index in [1.54, 1.807) is 0 Å². The maximum absolute atomic E-state index is 9.53. The Hall–Kier alpha value is -0.777. The molecule has 0 radical (unpaired) electrons. The first kappa shape index (κ1) is 32.2. The molecule has 0 aromatic rings. The number of carbonyl (C=O) groups excluding carboxylic acids is 2. The van der Waals surface area contributed by atoms with Gasteiger partial charge in [0, 0.05) is 0 Å². The zero-order valence-corrected chi connectivity index (χ0v) is 15.2. The van der Waals surface area contributed by atoms with Crippen LogP contribution in [0.15, 0.2) is 25.3 Å². The molecule has 0 fully saturated rings. The predicted molar refractivity (Wildman–Crippen MR) is 70.0 cm³/mol. The summed E-state index contributed by atoms with van der Waals surface area (Å²) in [6, 6.07) is 0. The first-order valence-electron chi connectivity index (χ1n) is 6.20. The standard InChI is InChI=1S/2C4H9O.2C3H4O2.Zr/c2*1-2-3-4-5;2*1-2-3(4)5;/h2*2-4H2,1H3;2*2H,1H2,(H,4,5);/q2*-1;;;+4/p-2. The van der Waals surface area contributed by atoms with Gasteiger partial charge < -0.3 is 30.0 Å². The number of hydrogen-bond donors (Lipinski definition) is 0. The van der Waals surface area contributed by atoms with Crippen LogP contribution in [-0.2, 0) is 35.8 Å². The fourth-order valence-electron chi connectivity index (χ4n) is 0.289. The van der Waals surface area contributed by atoms with Crippen LogP contribution in [0.3, 0.4) is 0 Å². The van der Waals surface area contributed by atoms with Crippen molar-refractivity contribution in [1.29, 1.82) is 0 Å². The Bertz CT molecular complexity index is 204. The van der Waals surface area contributed by atoms with E-state index in [0.717, 1.165) is 37.8 Å². The van der Waals surface area contributed by atoms with E-state index in [0.29, 0.717) is 0 Å². The van der Waals surface area contributed by atoms with E-state index in [1.165, 1.54) is 0 Å². The Morgan fingerprint density at radius 2 is 1.05 bits per heavy atom. The maximum Gasteiger partial charge on any atom is 4.00 e. The molecule has 7 heteroatoms. The summed E-state index contributed by atoms with van der Waals surface area (Å²) in [6.45, 7) is 10.0. The summed E-state index contributed by atoms with van der Waals surface area (Å²) in [6.07, 6.45) is 5.17. The first-order chi connectivity index (χ1) is 9.37.